The van der Waals surface area contributed by atoms with Crippen LogP contribution in [0, 0.1) is 17.3 Å². The fourth-order valence-electron chi connectivity index (χ4n) is 6.11. The van der Waals surface area contributed by atoms with Crippen molar-refractivity contribution in [3.05, 3.63) is 35.9 Å². The second-order valence-electron chi connectivity index (χ2n) is 8.90. The Bertz CT molecular complexity index is 600. The first kappa shape index (κ1) is 16.6. The SMILES string of the molecule is C[C@@H](CNC(=O)CC12C[C@@H]3C[C@H](CC(Br)(C3)C1)C2)c1ccccc1. The lowest BCUT2D eigenvalue weighted by Gasteiger charge is -2.60. The number of amides is 1. The summed E-state index contributed by atoms with van der Waals surface area (Å²) < 4.78 is 0.342. The van der Waals surface area contributed by atoms with Crippen LogP contribution >= 0.6 is 15.9 Å². The summed E-state index contributed by atoms with van der Waals surface area (Å²) >= 11 is 4.04. The molecule has 1 aromatic rings. The predicted octanol–water partition coefficient (Wildman–Crippen LogP) is 5.03. The van der Waals surface area contributed by atoms with Crippen molar-refractivity contribution in [2.45, 2.75) is 62.1 Å². The number of alkyl halides is 1. The molecule has 4 saturated carbocycles. The van der Waals surface area contributed by atoms with E-state index in [1.54, 1.807) is 0 Å². The van der Waals surface area contributed by atoms with Crippen LogP contribution < -0.4 is 5.32 Å². The lowest BCUT2D eigenvalue weighted by molar-refractivity contribution is -0.128. The summed E-state index contributed by atoms with van der Waals surface area (Å²) in [7, 11) is 0. The molecule has 24 heavy (non-hydrogen) atoms. The predicted molar refractivity (Wildman–Crippen MR) is 101 cm³/mol. The van der Waals surface area contributed by atoms with Crippen molar-refractivity contribution >= 4 is 21.8 Å². The van der Waals surface area contributed by atoms with Gasteiger partial charge in [-0.3, -0.25) is 4.79 Å². The van der Waals surface area contributed by atoms with Crippen LogP contribution in [0.15, 0.2) is 30.3 Å². The average Bonchev–Trinajstić information content (AvgIpc) is 2.50. The molecule has 0 unspecified atom stereocenters. The van der Waals surface area contributed by atoms with Crippen LogP contribution in [0.4, 0.5) is 0 Å². The first-order chi connectivity index (χ1) is 11.5. The Kier molecular flexibility index (Phi) is 4.27. The second-order valence-corrected chi connectivity index (χ2v) is 10.6. The van der Waals surface area contributed by atoms with E-state index < -0.39 is 0 Å². The summed E-state index contributed by atoms with van der Waals surface area (Å²) in [5, 5.41) is 3.21. The van der Waals surface area contributed by atoms with Gasteiger partial charge in [0.25, 0.3) is 0 Å². The summed E-state index contributed by atoms with van der Waals surface area (Å²) in [5.74, 6) is 2.33. The van der Waals surface area contributed by atoms with Gasteiger partial charge in [0.2, 0.25) is 5.91 Å². The van der Waals surface area contributed by atoms with Gasteiger partial charge in [-0.15, -0.1) is 0 Å². The molecule has 1 aromatic carbocycles. The van der Waals surface area contributed by atoms with Crippen LogP contribution in [0.5, 0.6) is 0 Å². The maximum Gasteiger partial charge on any atom is 0.220 e. The van der Waals surface area contributed by atoms with Crippen LogP contribution in [0.1, 0.15) is 63.4 Å². The molecule has 4 fully saturated rings. The monoisotopic (exact) mass is 389 g/mol. The van der Waals surface area contributed by atoms with Crippen molar-refractivity contribution in [3.8, 4) is 0 Å². The summed E-state index contributed by atoms with van der Waals surface area (Å²) in [6, 6.07) is 10.5. The standard InChI is InChI=1S/C21H28BrNO/c1-15(18-5-3-2-4-6-18)13-23-19(24)12-20-8-16-7-17(9-20)11-21(22,10-16)14-20/h2-6,15-17H,7-14H2,1H3,(H,23,24)/t15-,16-,17-,20?,21?/m0/s1. The fraction of sp³-hybridized carbons (Fsp3) is 0.667. The molecule has 4 aliphatic rings. The maximum atomic E-state index is 12.6. The second kappa shape index (κ2) is 6.16. The minimum Gasteiger partial charge on any atom is -0.355 e. The number of nitrogens with one attached hydrogen (secondary N) is 1. The van der Waals surface area contributed by atoms with Gasteiger partial charge in [-0.2, -0.15) is 0 Å². The Morgan fingerprint density at radius 2 is 1.88 bits per heavy atom. The van der Waals surface area contributed by atoms with Gasteiger partial charge in [0.05, 0.1) is 0 Å². The summed E-state index contributed by atoms with van der Waals surface area (Å²) in [6.07, 6.45) is 8.55. The van der Waals surface area contributed by atoms with Crippen LogP contribution in [-0.2, 0) is 4.79 Å². The van der Waals surface area contributed by atoms with E-state index in [0.717, 1.165) is 24.8 Å². The van der Waals surface area contributed by atoms with E-state index in [4.69, 9.17) is 0 Å². The number of halogens is 1. The molecular weight excluding hydrogens is 362 g/mol. The molecule has 0 heterocycles. The van der Waals surface area contributed by atoms with Crippen LogP contribution in [0.2, 0.25) is 0 Å². The number of benzene rings is 1. The van der Waals surface area contributed by atoms with Crippen molar-refractivity contribution < 1.29 is 4.79 Å². The smallest absolute Gasteiger partial charge is 0.220 e. The van der Waals surface area contributed by atoms with Gasteiger partial charge in [-0.25, -0.2) is 0 Å². The first-order valence-corrected chi connectivity index (χ1v) is 10.3. The van der Waals surface area contributed by atoms with Crippen molar-refractivity contribution in [2.75, 3.05) is 6.54 Å². The molecule has 1 N–H and O–H groups in total. The molecule has 130 valence electrons. The quantitative estimate of drug-likeness (QED) is 0.702. The summed E-state index contributed by atoms with van der Waals surface area (Å²) in [5.41, 5.74) is 1.57. The highest BCUT2D eigenvalue weighted by molar-refractivity contribution is 9.10. The van der Waals surface area contributed by atoms with E-state index in [1.165, 1.54) is 44.1 Å². The minimum atomic E-state index is 0.260. The summed E-state index contributed by atoms with van der Waals surface area (Å²) in [4.78, 5) is 12.6. The first-order valence-electron chi connectivity index (χ1n) is 9.46. The van der Waals surface area contributed by atoms with E-state index in [0.29, 0.717) is 10.2 Å². The van der Waals surface area contributed by atoms with Crippen LogP contribution in [0.3, 0.4) is 0 Å². The van der Waals surface area contributed by atoms with E-state index in [1.807, 2.05) is 6.07 Å². The topological polar surface area (TPSA) is 29.1 Å². The normalized spacial score (nSPS) is 38.1. The molecular formula is C21H28BrNO. The van der Waals surface area contributed by atoms with Gasteiger partial charge in [-0.1, -0.05) is 53.2 Å². The molecule has 0 spiro atoms. The fourth-order valence-corrected chi connectivity index (χ4v) is 7.62. The highest BCUT2D eigenvalue weighted by Crippen LogP contribution is 2.65. The number of hydrogen-bond acceptors (Lipinski definition) is 1. The van der Waals surface area contributed by atoms with Gasteiger partial charge in [0, 0.05) is 17.3 Å². The van der Waals surface area contributed by atoms with Crippen molar-refractivity contribution in [2.24, 2.45) is 17.3 Å². The molecule has 0 aromatic heterocycles. The van der Waals surface area contributed by atoms with Gasteiger partial charge in [0.1, 0.15) is 0 Å². The third kappa shape index (κ3) is 3.29. The zero-order valence-corrected chi connectivity index (χ0v) is 16.1. The highest BCUT2D eigenvalue weighted by atomic mass is 79.9. The van der Waals surface area contributed by atoms with Gasteiger partial charge in [0.15, 0.2) is 0 Å². The number of rotatable bonds is 5. The maximum absolute atomic E-state index is 12.6. The molecule has 0 radical (unpaired) electrons. The van der Waals surface area contributed by atoms with Gasteiger partial charge in [-0.05, 0) is 67.3 Å². The molecule has 3 heteroatoms. The molecule has 0 aliphatic heterocycles. The van der Waals surface area contributed by atoms with E-state index in [9.17, 15) is 4.79 Å². The Balaban J connectivity index is 1.35. The zero-order valence-electron chi connectivity index (χ0n) is 14.6. The minimum absolute atomic E-state index is 0.260. The van der Waals surface area contributed by atoms with Crippen molar-refractivity contribution in [1.82, 2.24) is 5.32 Å². The number of carbonyl (C=O) groups excluding carboxylic acids is 1. The molecule has 3 atom stereocenters. The lowest BCUT2D eigenvalue weighted by Crippen LogP contribution is -2.54. The van der Waals surface area contributed by atoms with E-state index in [2.05, 4.69) is 52.4 Å². The molecule has 2 nitrogen and oxygen atoms in total. The Morgan fingerprint density at radius 1 is 1.21 bits per heavy atom. The third-order valence-corrected chi connectivity index (χ3v) is 7.55. The zero-order chi connectivity index (χ0) is 16.8. The average molecular weight is 390 g/mol. The van der Waals surface area contributed by atoms with Crippen LogP contribution in [0.25, 0.3) is 0 Å². The van der Waals surface area contributed by atoms with Crippen LogP contribution in [-0.4, -0.2) is 16.8 Å². The van der Waals surface area contributed by atoms with Crippen molar-refractivity contribution in [1.29, 1.82) is 0 Å². The lowest BCUT2D eigenvalue weighted by atomic mass is 9.48. The Labute approximate surface area is 153 Å². The summed E-state index contributed by atoms with van der Waals surface area (Å²) in [6.45, 7) is 2.93. The molecule has 4 aliphatic carbocycles. The van der Waals surface area contributed by atoms with Gasteiger partial charge >= 0.3 is 0 Å². The van der Waals surface area contributed by atoms with Gasteiger partial charge < -0.3 is 5.32 Å². The molecule has 4 bridgehead atoms. The molecule has 0 saturated heterocycles. The molecule has 1 amide bonds. The Hall–Kier alpha value is -0.830. The van der Waals surface area contributed by atoms with E-state index >= 15 is 0 Å². The highest BCUT2D eigenvalue weighted by Gasteiger charge is 2.57. The number of hydrogen-bond donors (Lipinski definition) is 1. The number of carbonyl (C=O) groups is 1. The largest absolute Gasteiger partial charge is 0.355 e. The van der Waals surface area contributed by atoms with E-state index in [-0.39, 0.29) is 11.3 Å². The van der Waals surface area contributed by atoms with Crippen molar-refractivity contribution in [3.63, 3.8) is 0 Å². The Morgan fingerprint density at radius 3 is 2.50 bits per heavy atom. The third-order valence-electron chi connectivity index (χ3n) is 6.62. The molecule has 5 rings (SSSR count).